The smallest absolute Gasteiger partial charge is 0.244 e. The Kier molecular flexibility index (Phi) is 7.32. The minimum absolute atomic E-state index is 0.160. The van der Waals surface area contributed by atoms with Crippen molar-refractivity contribution in [2.45, 2.75) is 57.7 Å². The number of nitrogens with one attached hydrogen (secondary N) is 1. The summed E-state index contributed by atoms with van der Waals surface area (Å²) in [6, 6.07) is 10.8. The Morgan fingerprint density at radius 1 is 1.22 bits per heavy atom. The van der Waals surface area contributed by atoms with Gasteiger partial charge in [0.2, 0.25) is 15.9 Å². The summed E-state index contributed by atoms with van der Waals surface area (Å²) in [6.07, 6.45) is 3.20. The number of carbonyl (C=O) groups excluding carboxylic acids is 1. The fourth-order valence-electron chi connectivity index (χ4n) is 4.16. The van der Waals surface area contributed by atoms with Crippen LogP contribution in [0.15, 0.2) is 42.5 Å². The van der Waals surface area contributed by atoms with Gasteiger partial charge in [-0.15, -0.1) is 0 Å². The molecule has 0 bridgehead atoms. The van der Waals surface area contributed by atoms with Crippen LogP contribution in [0, 0.1) is 0 Å². The highest BCUT2D eigenvalue weighted by Gasteiger charge is 2.40. The highest BCUT2D eigenvalue weighted by Crippen LogP contribution is 2.43. The third-order valence-corrected chi connectivity index (χ3v) is 7.82. The third-order valence-electron chi connectivity index (χ3n) is 6.04. The van der Waals surface area contributed by atoms with Gasteiger partial charge in [-0.05, 0) is 44.0 Å². The SMILES string of the molecule is CCC1(CC)C[C@@H](NC(=O)[C@H](C)N(c2cc(Cl)ccc2Cl)S(C)(=O)=O)c2ccccc2O1. The zero-order valence-corrected chi connectivity index (χ0v) is 20.9. The van der Waals surface area contributed by atoms with Crippen molar-refractivity contribution >= 4 is 44.8 Å². The Bertz CT molecular complexity index is 1100. The molecular formula is C23H28Cl2N2O4S. The lowest BCUT2D eigenvalue weighted by Crippen LogP contribution is -2.51. The molecule has 2 atom stereocenters. The molecule has 1 heterocycles. The lowest BCUT2D eigenvalue weighted by molar-refractivity contribution is -0.123. The largest absolute Gasteiger partial charge is 0.487 e. The molecule has 3 rings (SSSR count). The second kappa shape index (κ2) is 9.49. The summed E-state index contributed by atoms with van der Waals surface area (Å²) in [4.78, 5) is 13.3. The van der Waals surface area contributed by atoms with Gasteiger partial charge >= 0.3 is 0 Å². The second-order valence-electron chi connectivity index (χ2n) is 8.13. The second-order valence-corrected chi connectivity index (χ2v) is 10.8. The highest BCUT2D eigenvalue weighted by atomic mass is 35.5. The summed E-state index contributed by atoms with van der Waals surface area (Å²) in [5, 5.41) is 3.56. The Morgan fingerprint density at radius 3 is 2.50 bits per heavy atom. The summed E-state index contributed by atoms with van der Waals surface area (Å²) >= 11 is 12.3. The number of rotatable bonds is 7. The van der Waals surface area contributed by atoms with Crippen molar-refractivity contribution in [3.63, 3.8) is 0 Å². The van der Waals surface area contributed by atoms with Crippen LogP contribution in [0.3, 0.4) is 0 Å². The minimum atomic E-state index is -3.83. The van der Waals surface area contributed by atoms with Gasteiger partial charge in [-0.25, -0.2) is 8.42 Å². The number of hydrogen-bond acceptors (Lipinski definition) is 4. The van der Waals surface area contributed by atoms with Crippen molar-refractivity contribution in [3.8, 4) is 5.75 Å². The number of amides is 1. The number of sulfonamides is 1. The Balaban J connectivity index is 1.95. The molecule has 0 radical (unpaired) electrons. The number of ether oxygens (including phenoxy) is 1. The average Bonchev–Trinajstić information content (AvgIpc) is 2.75. The van der Waals surface area contributed by atoms with Gasteiger partial charge in [0.15, 0.2) is 0 Å². The summed E-state index contributed by atoms with van der Waals surface area (Å²) in [5.74, 6) is 0.299. The Hall–Kier alpha value is -1.96. The summed E-state index contributed by atoms with van der Waals surface area (Å²) in [6.45, 7) is 5.66. The normalized spacial score (nSPS) is 18.2. The molecule has 2 aromatic carbocycles. The molecular weight excluding hydrogens is 471 g/mol. The van der Waals surface area contributed by atoms with E-state index in [2.05, 4.69) is 19.2 Å². The van der Waals surface area contributed by atoms with Crippen LogP contribution in [0.4, 0.5) is 5.69 Å². The van der Waals surface area contributed by atoms with Crippen LogP contribution < -0.4 is 14.4 Å². The van der Waals surface area contributed by atoms with Crippen molar-refractivity contribution < 1.29 is 17.9 Å². The van der Waals surface area contributed by atoms with Crippen LogP contribution in [-0.2, 0) is 14.8 Å². The van der Waals surface area contributed by atoms with Crippen molar-refractivity contribution in [1.82, 2.24) is 5.32 Å². The van der Waals surface area contributed by atoms with Crippen LogP contribution >= 0.6 is 23.2 Å². The molecule has 1 N–H and O–H groups in total. The fourth-order valence-corrected chi connectivity index (χ4v) is 5.76. The first-order valence-corrected chi connectivity index (χ1v) is 13.1. The number of anilines is 1. The van der Waals surface area contributed by atoms with E-state index in [0.29, 0.717) is 11.4 Å². The molecule has 0 aliphatic carbocycles. The lowest BCUT2D eigenvalue weighted by atomic mass is 9.83. The van der Waals surface area contributed by atoms with Gasteiger partial charge in [0.05, 0.1) is 23.0 Å². The maximum absolute atomic E-state index is 13.3. The molecule has 0 fully saturated rings. The van der Waals surface area contributed by atoms with Crippen molar-refractivity contribution in [2.75, 3.05) is 10.6 Å². The number of para-hydroxylation sites is 1. The zero-order chi connectivity index (χ0) is 23.7. The number of hydrogen-bond donors (Lipinski definition) is 1. The maximum atomic E-state index is 13.3. The van der Waals surface area contributed by atoms with Gasteiger partial charge in [0.25, 0.3) is 0 Å². The monoisotopic (exact) mass is 498 g/mol. The average molecular weight is 499 g/mol. The van der Waals surface area contributed by atoms with E-state index in [1.165, 1.54) is 19.1 Å². The van der Waals surface area contributed by atoms with E-state index in [1.807, 2.05) is 24.3 Å². The van der Waals surface area contributed by atoms with Crippen LogP contribution in [0.5, 0.6) is 5.75 Å². The van der Waals surface area contributed by atoms with E-state index >= 15 is 0 Å². The molecule has 0 spiro atoms. The minimum Gasteiger partial charge on any atom is -0.487 e. The standard InChI is InChI=1S/C23H28Cl2N2O4S/c1-5-23(6-2)14-19(17-9-7-8-10-21(17)31-23)26-22(28)15(3)27(32(4,29)30)20-13-16(24)11-12-18(20)25/h7-13,15,19H,5-6,14H2,1-4H3,(H,26,28)/t15-,19+/m0/s1. The molecule has 174 valence electrons. The molecule has 0 aromatic heterocycles. The maximum Gasteiger partial charge on any atom is 0.244 e. The van der Waals surface area contributed by atoms with Crippen LogP contribution in [0.25, 0.3) is 0 Å². The predicted octanol–water partition coefficient (Wildman–Crippen LogP) is 5.35. The van der Waals surface area contributed by atoms with Crippen LogP contribution in [0.2, 0.25) is 10.0 Å². The summed E-state index contributed by atoms with van der Waals surface area (Å²) in [7, 11) is -3.83. The molecule has 1 amide bonds. The first kappa shape index (κ1) is 24.7. The van der Waals surface area contributed by atoms with Crippen molar-refractivity contribution in [1.29, 1.82) is 0 Å². The number of benzene rings is 2. The quantitative estimate of drug-likeness (QED) is 0.558. The Morgan fingerprint density at radius 2 is 1.88 bits per heavy atom. The van der Waals surface area contributed by atoms with Gasteiger partial charge in [-0.3, -0.25) is 9.10 Å². The van der Waals surface area contributed by atoms with Crippen molar-refractivity contribution in [2.24, 2.45) is 0 Å². The van der Waals surface area contributed by atoms with Crippen molar-refractivity contribution in [3.05, 3.63) is 58.1 Å². The van der Waals surface area contributed by atoms with E-state index in [1.54, 1.807) is 6.07 Å². The van der Waals surface area contributed by atoms with Gasteiger partial charge < -0.3 is 10.1 Å². The number of carbonyl (C=O) groups is 1. The van der Waals surface area contributed by atoms with E-state index in [9.17, 15) is 13.2 Å². The molecule has 0 unspecified atom stereocenters. The van der Waals surface area contributed by atoms with E-state index < -0.39 is 27.6 Å². The van der Waals surface area contributed by atoms with Crippen LogP contribution in [0.1, 0.15) is 51.6 Å². The molecule has 2 aromatic rings. The number of halogens is 2. The first-order valence-electron chi connectivity index (χ1n) is 10.5. The first-order chi connectivity index (χ1) is 15.0. The molecule has 32 heavy (non-hydrogen) atoms. The Labute approximate surface area is 199 Å². The molecule has 0 saturated carbocycles. The molecule has 9 heteroatoms. The fraction of sp³-hybridized carbons (Fsp3) is 0.435. The third kappa shape index (κ3) is 5.00. The predicted molar refractivity (Wildman–Crippen MR) is 129 cm³/mol. The van der Waals surface area contributed by atoms with Crippen LogP contribution in [-0.4, -0.2) is 32.2 Å². The van der Waals surface area contributed by atoms with Gasteiger partial charge in [0.1, 0.15) is 17.4 Å². The topological polar surface area (TPSA) is 75.7 Å². The highest BCUT2D eigenvalue weighted by molar-refractivity contribution is 7.92. The number of nitrogens with zero attached hydrogens (tertiary/aromatic N) is 1. The summed E-state index contributed by atoms with van der Waals surface area (Å²) in [5.41, 5.74) is 0.632. The molecule has 1 aliphatic rings. The van der Waals surface area contributed by atoms with E-state index in [4.69, 9.17) is 27.9 Å². The van der Waals surface area contributed by atoms with E-state index in [0.717, 1.165) is 34.7 Å². The van der Waals surface area contributed by atoms with E-state index in [-0.39, 0.29) is 16.8 Å². The molecule has 6 nitrogen and oxygen atoms in total. The van der Waals surface area contributed by atoms with Gasteiger partial charge in [-0.1, -0.05) is 55.2 Å². The summed E-state index contributed by atoms with van der Waals surface area (Å²) < 4.78 is 32.6. The lowest BCUT2D eigenvalue weighted by Gasteiger charge is -2.42. The van der Waals surface area contributed by atoms with Gasteiger partial charge in [0, 0.05) is 17.0 Å². The molecule has 0 saturated heterocycles. The number of fused-ring (bicyclic) bond motifs is 1. The zero-order valence-electron chi connectivity index (χ0n) is 18.6. The van der Waals surface area contributed by atoms with Gasteiger partial charge in [-0.2, -0.15) is 0 Å². The molecule has 1 aliphatic heterocycles.